The van der Waals surface area contributed by atoms with Gasteiger partial charge in [0.1, 0.15) is 10.8 Å². The first kappa shape index (κ1) is 20.7. The number of nitrogens with one attached hydrogen (secondary N) is 2. The number of carbonyl (C=O) groups is 2. The molecule has 0 aliphatic heterocycles. The standard InChI is InChI=1S/C19H17ClN4O4/c1-4-15(26)22-16-17(20)24(19(28)23(3)18(16)27)10-6-8-13-7-5-9-14(11-13)21-12(2)25/h4-5,7,9,11H,1,10H2,2-3H3,(H,21,25)(H,22,26). The fourth-order valence-electron chi connectivity index (χ4n) is 2.26. The molecule has 0 aliphatic carbocycles. The van der Waals surface area contributed by atoms with Gasteiger partial charge < -0.3 is 10.6 Å². The van der Waals surface area contributed by atoms with E-state index in [4.69, 9.17) is 11.6 Å². The van der Waals surface area contributed by atoms with Gasteiger partial charge in [0.05, 0.1) is 6.54 Å². The second-order valence-corrected chi connectivity index (χ2v) is 6.01. The number of carbonyl (C=O) groups excluding carboxylic acids is 2. The Morgan fingerprint density at radius 3 is 2.64 bits per heavy atom. The normalized spacial score (nSPS) is 9.82. The van der Waals surface area contributed by atoms with Gasteiger partial charge in [-0.2, -0.15) is 0 Å². The van der Waals surface area contributed by atoms with Crippen molar-refractivity contribution in [2.24, 2.45) is 7.05 Å². The van der Waals surface area contributed by atoms with Gasteiger partial charge in [-0.25, -0.2) is 4.79 Å². The summed E-state index contributed by atoms with van der Waals surface area (Å²) >= 11 is 6.14. The van der Waals surface area contributed by atoms with Gasteiger partial charge in [0.2, 0.25) is 11.8 Å². The second kappa shape index (κ2) is 8.88. The summed E-state index contributed by atoms with van der Waals surface area (Å²) < 4.78 is 1.88. The molecule has 0 saturated carbocycles. The lowest BCUT2D eigenvalue weighted by molar-refractivity contribution is -0.114. The number of anilines is 2. The summed E-state index contributed by atoms with van der Waals surface area (Å²) in [5.41, 5.74) is -0.445. The molecular weight excluding hydrogens is 384 g/mol. The summed E-state index contributed by atoms with van der Waals surface area (Å²) in [6, 6.07) is 6.85. The minimum absolute atomic E-state index is 0.118. The molecule has 1 heterocycles. The van der Waals surface area contributed by atoms with E-state index in [1.807, 2.05) is 0 Å². The molecule has 0 saturated heterocycles. The smallest absolute Gasteiger partial charge is 0.326 e. The van der Waals surface area contributed by atoms with Crippen LogP contribution >= 0.6 is 11.6 Å². The summed E-state index contributed by atoms with van der Waals surface area (Å²) in [6.07, 6.45) is 0.979. The first-order valence-corrected chi connectivity index (χ1v) is 8.41. The Morgan fingerprint density at radius 2 is 2.00 bits per heavy atom. The van der Waals surface area contributed by atoms with Crippen molar-refractivity contribution in [1.82, 2.24) is 9.13 Å². The molecule has 0 spiro atoms. The largest absolute Gasteiger partial charge is 0.332 e. The molecule has 0 bridgehead atoms. The van der Waals surface area contributed by atoms with Crippen LogP contribution in [0.3, 0.4) is 0 Å². The molecule has 0 aliphatic rings. The molecule has 0 fully saturated rings. The summed E-state index contributed by atoms with van der Waals surface area (Å²) in [5, 5.41) is 4.72. The molecule has 8 nitrogen and oxygen atoms in total. The van der Waals surface area contributed by atoms with E-state index in [2.05, 4.69) is 29.1 Å². The molecule has 28 heavy (non-hydrogen) atoms. The summed E-state index contributed by atoms with van der Waals surface area (Å²) in [5.74, 6) is 4.81. The maximum Gasteiger partial charge on any atom is 0.332 e. The Morgan fingerprint density at radius 1 is 1.29 bits per heavy atom. The first-order valence-electron chi connectivity index (χ1n) is 8.04. The van der Waals surface area contributed by atoms with Crippen LogP contribution in [-0.4, -0.2) is 20.9 Å². The number of aromatic nitrogens is 2. The number of amides is 2. The van der Waals surface area contributed by atoms with Crippen LogP contribution in [-0.2, 0) is 23.2 Å². The van der Waals surface area contributed by atoms with Gasteiger partial charge in [-0.15, -0.1) is 0 Å². The first-order chi connectivity index (χ1) is 13.2. The molecule has 2 rings (SSSR count). The SMILES string of the molecule is C=CC(=O)Nc1c(Cl)n(CC#Cc2cccc(NC(C)=O)c2)c(=O)n(C)c1=O. The number of hydrogen-bond donors (Lipinski definition) is 2. The maximum absolute atomic E-state index is 12.3. The van der Waals surface area contributed by atoms with E-state index in [-0.39, 0.29) is 23.3 Å². The van der Waals surface area contributed by atoms with E-state index in [1.165, 1.54) is 14.0 Å². The van der Waals surface area contributed by atoms with Crippen LogP contribution < -0.4 is 21.9 Å². The van der Waals surface area contributed by atoms with Crippen molar-refractivity contribution in [1.29, 1.82) is 0 Å². The Balaban J connectivity index is 2.38. The van der Waals surface area contributed by atoms with Crippen LogP contribution in [0.5, 0.6) is 0 Å². The van der Waals surface area contributed by atoms with Crippen LogP contribution in [0.25, 0.3) is 0 Å². The van der Waals surface area contributed by atoms with Crippen molar-refractivity contribution in [3.63, 3.8) is 0 Å². The van der Waals surface area contributed by atoms with Crippen molar-refractivity contribution < 1.29 is 9.59 Å². The van der Waals surface area contributed by atoms with Crippen LogP contribution in [0.2, 0.25) is 5.15 Å². The van der Waals surface area contributed by atoms with Gasteiger partial charge in [-0.1, -0.05) is 36.1 Å². The fraction of sp³-hybridized carbons (Fsp3) is 0.158. The number of hydrogen-bond acceptors (Lipinski definition) is 4. The predicted octanol–water partition coefficient (Wildman–Crippen LogP) is 1.33. The number of nitrogens with zero attached hydrogens (tertiary/aromatic N) is 2. The highest BCUT2D eigenvalue weighted by Crippen LogP contribution is 2.15. The van der Waals surface area contributed by atoms with Crippen molar-refractivity contribution >= 4 is 34.8 Å². The second-order valence-electron chi connectivity index (χ2n) is 5.66. The fourth-order valence-corrected chi connectivity index (χ4v) is 2.52. The minimum Gasteiger partial charge on any atom is -0.326 e. The molecule has 2 N–H and O–H groups in total. The lowest BCUT2D eigenvalue weighted by atomic mass is 10.2. The predicted molar refractivity (Wildman–Crippen MR) is 107 cm³/mol. The molecular formula is C19H17ClN4O4. The third kappa shape index (κ3) is 4.78. The van der Waals surface area contributed by atoms with E-state index in [9.17, 15) is 19.2 Å². The summed E-state index contributed by atoms with van der Waals surface area (Å²) in [6.45, 7) is 4.59. The molecule has 0 atom stereocenters. The Labute approximate surface area is 165 Å². The third-order valence-electron chi connectivity index (χ3n) is 3.57. The highest BCUT2D eigenvalue weighted by Gasteiger charge is 2.16. The van der Waals surface area contributed by atoms with Crippen molar-refractivity contribution in [2.45, 2.75) is 13.5 Å². The highest BCUT2D eigenvalue weighted by molar-refractivity contribution is 6.32. The quantitative estimate of drug-likeness (QED) is 0.459. The van der Waals surface area contributed by atoms with Gasteiger partial charge in [-0.05, 0) is 24.3 Å². The van der Waals surface area contributed by atoms with E-state index in [0.717, 1.165) is 15.2 Å². The molecule has 0 unspecified atom stereocenters. The van der Waals surface area contributed by atoms with E-state index in [0.29, 0.717) is 11.3 Å². The molecule has 9 heteroatoms. The summed E-state index contributed by atoms with van der Waals surface area (Å²) in [4.78, 5) is 47.2. The zero-order valence-electron chi connectivity index (χ0n) is 15.2. The van der Waals surface area contributed by atoms with E-state index in [1.54, 1.807) is 24.3 Å². The van der Waals surface area contributed by atoms with Crippen LogP contribution in [0.1, 0.15) is 12.5 Å². The maximum atomic E-state index is 12.3. The third-order valence-corrected chi connectivity index (χ3v) is 3.96. The summed E-state index contributed by atoms with van der Waals surface area (Å²) in [7, 11) is 1.27. The molecule has 2 amide bonds. The molecule has 144 valence electrons. The van der Waals surface area contributed by atoms with Gasteiger partial charge in [0, 0.05) is 25.2 Å². The number of benzene rings is 1. The molecule has 2 aromatic rings. The number of rotatable bonds is 4. The minimum atomic E-state index is -0.739. The van der Waals surface area contributed by atoms with Crippen LogP contribution in [0.15, 0.2) is 46.5 Å². The average molecular weight is 401 g/mol. The molecule has 1 aromatic carbocycles. The zero-order chi connectivity index (χ0) is 20.8. The van der Waals surface area contributed by atoms with Gasteiger partial charge in [0.25, 0.3) is 5.56 Å². The van der Waals surface area contributed by atoms with E-state index < -0.39 is 17.2 Å². The lowest BCUT2D eigenvalue weighted by Crippen LogP contribution is -2.40. The highest BCUT2D eigenvalue weighted by atomic mass is 35.5. The van der Waals surface area contributed by atoms with Crippen molar-refractivity contribution in [3.05, 3.63) is 68.5 Å². The Kier molecular flexibility index (Phi) is 6.58. The molecule has 0 radical (unpaired) electrons. The Bertz CT molecular complexity index is 1140. The van der Waals surface area contributed by atoms with E-state index >= 15 is 0 Å². The van der Waals surface area contributed by atoms with Crippen LogP contribution in [0.4, 0.5) is 11.4 Å². The van der Waals surface area contributed by atoms with Gasteiger partial charge in [-0.3, -0.25) is 23.5 Å². The molecule has 1 aromatic heterocycles. The van der Waals surface area contributed by atoms with Crippen LogP contribution in [0, 0.1) is 11.8 Å². The lowest BCUT2D eigenvalue weighted by Gasteiger charge is -2.12. The topological polar surface area (TPSA) is 102 Å². The monoisotopic (exact) mass is 400 g/mol. The zero-order valence-corrected chi connectivity index (χ0v) is 16.0. The Hall–Kier alpha value is -3.57. The van der Waals surface area contributed by atoms with Gasteiger partial charge >= 0.3 is 5.69 Å². The average Bonchev–Trinajstić information content (AvgIpc) is 2.66. The van der Waals surface area contributed by atoms with Gasteiger partial charge in [0.15, 0.2) is 0 Å². The number of halogens is 1. The van der Waals surface area contributed by atoms with Crippen molar-refractivity contribution in [3.8, 4) is 11.8 Å². The van der Waals surface area contributed by atoms with Crippen molar-refractivity contribution in [2.75, 3.05) is 10.6 Å².